The van der Waals surface area contributed by atoms with Crippen LogP contribution in [0, 0.1) is 0 Å². The molecule has 0 aliphatic carbocycles. The molecule has 4 heterocycles. The van der Waals surface area contributed by atoms with E-state index in [0.717, 1.165) is 23.1 Å². The van der Waals surface area contributed by atoms with Gasteiger partial charge in [0.05, 0.1) is 11.3 Å². The number of hydrogen-bond acceptors (Lipinski definition) is 5. The van der Waals surface area contributed by atoms with Gasteiger partial charge in [0.1, 0.15) is 12.4 Å². The molecule has 1 atom stereocenters. The predicted octanol–water partition coefficient (Wildman–Crippen LogP) is 2.03. The predicted molar refractivity (Wildman–Crippen MR) is 103 cm³/mol. The molecule has 2 aromatic heterocycles. The molecule has 3 N–H and O–H groups in total. The molecule has 1 spiro atoms. The summed E-state index contributed by atoms with van der Waals surface area (Å²) in [6.07, 6.45) is -3.11. The molecule has 0 bridgehead atoms. The lowest BCUT2D eigenvalue weighted by Gasteiger charge is -2.24. The number of aryl methyl sites for hydroxylation is 1. The van der Waals surface area contributed by atoms with Crippen molar-refractivity contribution in [2.24, 2.45) is 0 Å². The standard InChI is InChI=1S/C19H21F3N6O3/c1-26(17(30)31)9-15(29)27-4-2-18(10-27)3-5-28-14(18)7-13(25-28)11-6-12(19(20,21)22)16(23)24-8-11/h6-8H,2-5,9-10H2,1H3,(H2,23,24)(H,30,31)/t18-/m1/s1. The van der Waals surface area contributed by atoms with Crippen LogP contribution in [0.2, 0.25) is 0 Å². The Morgan fingerprint density at radius 3 is 2.68 bits per heavy atom. The number of carbonyl (C=O) groups excluding carboxylic acids is 1. The van der Waals surface area contributed by atoms with Gasteiger partial charge in [-0.15, -0.1) is 0 Å². The highest BCUT2D eigenvalue weighted by atomic mass is 19.4. The first-order valence-corrected chi connectivity index (χ1v) is 9.63. The summed E-state index contributed by atoms with van der Waals surface area (Å²) in [6, 6.07) is 2.69. The largest absolute Gasteiger partial charge is 0.465 e. The smallest absolute Gasteiger partial charge is 0.419 e. The van der Waals surface area contributed by atoms with Gasteiger partial charge in [-0.2, -0.15) is 18.3 Å². The third-order valence-corrected chi connectivity index (χ3v) is 6.05. The number of aromatic nitrogens is 3. The molecule has 2 aromatic rings. The fourth-order valence-electron chi connectivity index (χ4n) is 4.31. The lowest BCUT2D eigenvalue weighted by molar-refractivity contribution is -0.137. The van der Waals surface area contributed by atoms with Crippen molar-refractivity contribution < 1.29 is 27.9 Å². The molecular weight excluding hydrogens is 417 g/mol. The van der Waals surface area contributed by atoms with Crippen LogP contribution in [0.5, 0.6) is 0 Å². The first-order chi connectivity index (χ1) is 14.5. The van der Waals surface area contributed by atoms with E-state index in [1.165, 1.54) is 13.2 Å². The molecule has 166 valence electrons. The van der Waals surface area contributed by atoms with Crippen LogP contribution in [0.1, 0.15) is 24.1 Å². The minimum Gasteiger partial charge on any atom is -0.465 e. The number of anilines is 1. The number of nitrogens with two attached hydrogens (primary N) is 1. The average Bonchev–Trinajstić information content (AvgIpc) is 3.38. The van der Waals surface area contributed by atoms with E-state index in [1.54, 1.807) is 15.6 Å². The number of nitrogens with zero attached hydrogens (tertiary/aromatic N) is 5. The molecule has 0 radical (unpaired) electrons. The van der Waals surface area contributed by atoms with Crippen molar-refractivity contribution in [2.75, 3.05) is 32.4 Å². The van der Waals surface area contributed by atoms with Crippen molar-refractivity contribution >= 4 is 17.8 Å². The maximum Gasteiger partial charge on any atom is 0.419 e. The molecule has 0 unspecified atom stereocenters. The Bertz CT molecular complexity index is 1050. The second-order valence-corrected chi connectivity index (χ2v) is 8.03. The lowest BCUT2D eigenvalue weighted by atomic mass is 9.82. The normalized spacial score (nSPS) is 20.3. The number of halogens is 3. The van der Waals surface area contributed by atoms with E-state index in [0.29, 0.717) is 31.7 Å². The maximum atomic E-state index is 13.2. The SMILES string of the molecule is CN(CC(=O)N1CC[C@@]2(CCn3nc(-c4cnc(N)c(C(F)(F)F)c4)cc32)C1)C(=O)O. The third kappa shape index (κ3) is 3.66. The number of carboxylic acid groups (broad SMARTS) is 1. The van der Waals surface area contributed by atoms with Crippen LogP contribution in [0.4, 0.5) is 23.8 Å². The van der Waals surface area contributed by atoms with Crippen LogP contribution < -0.4 is 5.73 Å². The second-order valence-electron chi connectivity index (χ2n) is 8.03. The molecule has 31 heavy (non-hydrogen) atoms. The Morgan fingerprint density at radius 1 is 1.29 bits per heavy atom. The fourth-order valence-corrected chi connectivity index (χ4v) is 4.31. The Hall–Kier alpha value is -3.31. The number of fused-ring (bicyclic) bond motifs is 2. The number of alkyl halides is 3. The first-order valence-electron chi connectivity index (χ1n) is 9.63. The highest BCUT2D eigenvalue weighted by molar-refractivity contribution is 5.82. The minimum atomic E-state index is -4.62. The van der Waals surface area contributed by atoms with Crippen molar-refractivity contribution in [3.8, 4) is 11.3 Å². The number of rotatable bonds is 3. The number of likely N-dealkylation sites (tertiary alicyclic amines) is 1. The molecule has 1 saturated heterocycles. The van der Waals surface area contributed by atoms with Crippen molar-refractivity contribution in [3.05, 3.63) is 29.6 Å². The van der Waals surface area contributed by atoms with Crippen molar-refractivity contribution in [1.82, 2.24) is 24.6 Å². The van der Waals surface area contributed by atoms with Gasteiger partial charge in [-0.1, -0.05) is 0 Å². The van der Waals surface area contributed by atoms with E-state index in [2.05, 4.69) is 10.1 Å². The maximum absolute atomic E-state index is 13.2. The van der Waals surface area contributed by atoms with Crippen molar-refractivity contribution in [3.63, 3.8) is 0 Å². The molecule has 1 fully saturated rings. The van der Waals surface area contributed by atoms with Gasteiger partial charge in [0.2, 0.25) is 5.91 Å². The summed E-state index contributed by atoms with van der Waals surface area (Å²) in [4.78, 5) is 29.7. The zero-order chi connectivity index (χ0) is 22.6. The van der Waals surface area contributed by atoms with E-state index in [4.69, 9.17) is 10.8 Å². The van der Waals surface area contributed by atoms with E-state index in [-0.39, 0.29) is 23.4 Å². The molecule has 2 aliphatic heterocycles. The molecule has 9 nitrogen and oxygen atoms in total. The Kier molecular flexibility index (Phi) is 4.82. The summed E-state index contributed by atoms with van der Waals surface area (Å²) in [7, 11) is 1.33. The minimum absolute atomic E-state index is 0.215. The molecule has 0 saturated carbocycles. The van der Waals surface area contributed by atoms with Gasteiger partial charge in [-0.25, -0.2) is 9.78 Å². The zero-order valence-electron chi connectivity index (χ0n) is 16.7. The van der Waals surface area contributed by atoms with Crippen molar-refractivity contribution in [2.45, 2.75) is 31.0 Å². The summed E-state index contributed by atoms with van der Waals surface area (Å²) in [6.45, 7) is 1.25. The van der Waals surface area contributed by atoms with Gasteiger partial charge in [0.15, 0.2) is 0 Å². The van der Waals surface area contributed by atoms with E-state index in [1.807, 2.05) is 0 Å². The van der Waals surface area contributed by atoms with Crippen LogP contribution >= 0.6 is 0 Å². The number of nitrogen functional groups attached to an aromatic ring is 1. The topological polar surface area (TPSA) is 118 Å². The van der Waals surface area contributed by atoms with E-state index in [9.17, 15) is 22.8 Å². The first kappa shape index (κ1) is 20.9. The summed E-state index contributed by atoms with van der Waals surface area (Å²) < 4.78 is 41.3. The summed E-state index contributed by atoms with van der Waals surface area (Å²) in [5.74, 6) is -0.867. The Labute approximate surface area is 175 Å². The van der Waals surface area contributed by atoms with Gasteiger partial charge in [0.25, 0.3) is 0 Å². The molecule has 12 heteroatoms. The van der Waals surface area contributed by atoms with Crippen LogP contribution in [0.25, 0.3) is 11.3 Å². The van der Waals surface area contributed by atoms with Gasteiger partial charge in [-0.05, 0) is 25.0 Å². The number of amides is 2. The monoisotopic (exact) mass is 438 g/mol. The van der Waals surface area contributed by atoms with Gasteiger partial charge >= 0.3 is 12.3 Å². The number of hydrogen-bond donors (Lipinski definition) is 2. The second kappa shape index (κ2) is 7.13. The summed E-state index contributed by atoms with van der Waals surface area (Å²) >= 11 is 0. The quantitative estimate of drug-likeness (QED) is 0.757. The number of likely N-dealkylation sites (N-methyl/N-ethyl adjacent to an activating group) is 1. The highest BCUT2D eigenvalue weighted by Crippen LogP contribution is 2.44. The molecule has 0 aromatic carbocycles. The Morgan fingerprint density at radius 2 is 2.00 bits per heavy atom. The summed E-state index contributed by atoms with van der Waals surface area (Å²) in [5, 5.41) is 13.4. The molecule has 4 rings (SSSR count). The third-order valence-electron chi connectivity index (χ3n) is 6.05. The van der Waals surface area contributed by atoms with E-state index < -0.39 is 23.7 Å². The lowest BCUT2D eigenvalue weighted by Crippen LogP contribution is -2.41. The van der Waals surface area contributed by atoms with Crippen LogP contribution in [-0.2, 0) is 22.9 Å². The van der Waals surface area contributed by atoms with Gasteiger partial charge < -0.3 is 20.6 Å². The fraction of sp³-hybridized carbons (Fsp3) is 0.474. The average molecular weight is 438 g/mol. The van der Waals surface area contributed by atoms with Gasteiger partial charge in [0, 0.05) is 49.6 Å². The molecular formula is C19H21F3N6O3. The molecule has 2 aliphatic rings. The molecule has 2 amide bonds. The van der Waals surface area contributed by atoms with Crippen LogP contribution in [0.3, 0.4) is 0 Å². The van der Waals surface area contributed by atoms with E-state index >= 15 is 0 Å². The van der Waals surface area contributed by atoms with Crippen LogP contribution in [-0.4, -0.2) is 68.4 Å². The van der Waals surface area contributed by atoms with Gasteiger partial charge in [-0.3, -0.25) is 9.48 Å². The highest BCUT2D eigenvalue weighted by Gasteiger charge is 2.47. The summed E-state index contributed by atoms with van der Waals surface area (Å²) in [5.41, 5.74) is 5.46. The Balaban J connectivity index is 1.58. The zero-order valence-corrected chi connectivity index (χ0v) is 16.7. The van der Waals surface area contributed by atoms with Crippen molar-refractivity contribution in [1.29, 1.82) is 0 Å². The number of pyridine rings is 1. The van der Waals surface area contributed by atoms with Crippen LogP contribution in [0.15, 0.2) is 18.3 Å². The number of carbonyl (C=O) groups is 2.